The van der Waals surface area contributed by atoms with Crippen molar-refractivity contribution >= 4 is 22.7 Å². The van der Waals surface area contributed by atoms with Crippen molar-refractivity contribution in [3.05, 3.63) is 70.3 Å². The van der Waals surface area contributed by atoms with Gasteiger partial charge in [0.15, 0.2) is 0 Å². The number of nitrogens with one attached hydrogen (secondary N) is 1. The van der Waals surface area contributed by atoms with E-state index in [9.17, 15) is 4.79 Å². The molecule has 0 spiro atoms. The Kier molecular flexibility index (Phi) is 4.68. The Bertz CT molecular complexity index is 1170. The van der Waals surface area contributed by atoms with Crippen molar-refractivity contribution < 1.29 is 9.26 Å². The molecule has 0 aliphatic rings. The van der Waals surface area contributed by atoms with E-state index >= 15 is 0 Å². The van der Waals surface area contributed by atoms with Crippen LogP contribution in [0.15, 0.2) is 62.7 Å². The summed E-state index contributed by atoms with van der Waals surface area (Å²) in [5.74, 6) is 1.46. The Morgan fingerprint density at radius 2 is 2.04 bits per heavy atom. The molecular formula is C20H17N3O3S. The van der Waals surface area contributed by atoms with Crippen LogP contribution < -0.4 is 10.3 Å². The predicted octanol–water partition coefficient (Wildman–Crippen LogP) is 3.90. The van der Waals surface area contributed by atoms with E-state index in [0.29, 0.717) is 23.6 Å². The SMILES string of the molecule is COc1ccc2[nH]c(=O)c(-c3noc(Cc4ccccc4SC)n3)cc2c1. The van der Waals surface area contributed by atoms with E-state index in [1.807, 2.05) is 30.5 Å². The Balaban J connectivity index is 1.70. The Morgan fingerprint density at radius 3 is 2.85 bits per heavy atom. The second-order valence-electron chi connectivity index (χ2n) is 5.97. The van der Waals surface area contributed by atoms with Crippen LogP contribution in [0.25, 0.3) is 22.3 Å². The first-order chi connectivity index (χ1) is 13.2. The molecule has 6 nitrogen and oxygen atoms in total. The molecule has 2 aromatic heterocycles. The number of benzene rings is 2. The van der Waals surface area contributed by atoms with Crippen molar-refractivity contribution in [2.75, 3.05) is 13.4 Å². The summed E-state index contributed by atoms with van der Waals surface area (Å²) < 4.78 is 10.6. The van der Waals surface area contributed by atoms with E-state index in [2.05, 4.69) is 21.2 Å². The van der Waals surface area contributed by atoms with Gasteiger partial charge >= 0.3 is 0 Å². The third-order valence-corrected chi connectivity index (χ3v) is 5.13. The Hall–Kier alpha value is -3.06. The third kappa shape index (κ3) is 3.46. The first-order valence-electron chi connectivity index (χ1n) is 8.34. The van der Waals surface area contributed by atoms with Crippen LogP contribution in [0.2, 0.25) is 0 Å². The van der Waals surface area contributed by atoms with Crippen molar-refractivity contribution in [3.63, 3.8) is 0 Å². The molecule has 136 valence electrons. The highest BCUT2D eigenvalue weighted by Crippen LogP contribution is 2.24. The lowest BCUT2D eigenvalue weighted by Crippen LogP contribution is -2.09. The van der Waals surface area contributed by atoms with Gasteiger partial charge < -0.3 is 14.2 Å². The number of pyridine rings is 1. The fourth-order valence-electron chi connectivity index (χ4n) is 2.93. The molecule has 0 aliphatic heterocycles. The number of fused-ring (bicyclic) bond motifs is 1. The molecule has 4 aromatic rings. The Labute approximate surface area is 159 Å². The number of ether oxygens (including phenoxy) is 1. The molecule has 0 unspecified atom stereocenters. The average molecular weight is 379 g/mol. The summed E-state index contributed by atoms with van der Waals surface area (Å²) in [7, 11) is 1.60. The minimum absolute atomic E-state index is 0.260. The topological polar surface area (TPSA) is 81.0 Å². The van der Waals surface area contributed by atoms with Gasteiger partial charge in [0.25, 0.3) is 5.56 Å². The molecule has 1 N–H and O–H groups in total. The Morgan fingerprint density at radius 1 is 1.19 bits per heavy atom. The molecule has 4 rings (SSSR count). The van der Waals surface area contributed by atoms with Crippen molar-refractivity contribution in [1.82, 2.24) is 15.1 Å². The quantitative estimate of drug-likeness (QED) is 0.530. The van der Waals surface area contributed by atoms with Crippen LogP contribution >= 0.6 is 11.8 Å². The highest BCUT2D eigenvalue weighted by atomic mass is 32.2. The molecule has 0 bridgehead atoms. The van der Waals surface area contributed by atoms with Gasteiger partial charge in [-0.1, -0.05) is 23.4 Å². The van der Waals surface area contributed by atoms with E-state index in [1.54, 1.807) is 37.1 Å². The van der Waals surface area contributed by atoms with E-state index < -0.39 is 0 Å². The maximum Gasteiger partial charge on any atom is 0.259 e. The van der Waals surface area contributed by atoms with Gasteiger partial charge in [-0.3, -0.25) is 4.79 Å². The lowest BCUT2D eigenvalue weighted by Gasteiger charge is -2.04. The summed E-state index contributed by atoms with van der Waals surface area (Å²) in [4.78, 5) is 20.9. The standard InChI is InChI=1S/C20H17N3O3S/c1-25-14-7-8-16-13(9-14)10-15(20(24)21-16)19-22-18(26-23-19)11-12-5-3-4-6-17(12)27-2/h3-10H,11H2,1-2H3,(H,21,24). The minimum atomic E-state index is -0.260. The van der Waals surface area contributed by atoms with Crippen LogP contribution in [0, 0.1) is 0 Å². The molecule has 0 atom stereocenters. The zero-order chi connectivity index (χ0) is 18.8. The molecule has 0 aliphatic carbocycles. The maximum atomic E-state index is 12.4. The molecule has 0 saturated heterocycles. The van der Waals surface area contributed by atoms with Crippen LogP contribution in [0.5, 0.6) is 5.75 Å². The molecule has 0 fully saturated rings. The number of thioether (sulfide) groups is 1. The number of H-pyrrole nitrogens is 1. The van der Waals surface area contributed by atoms with Gasteiger partial charge in [0, 0.05) is 15.8 Å². The smallest absolute Gasteiger partial charge is 0.259 e. The van der Waals surface area contributed by atoms with Gasteiger partial charge in [-0.15, -0.1) is 11.8 Å². The number of nitrogens with zero attached hydrogens (tertiary/aromatic N) is 2. The first-order valence-corrected chi connectivity index (χ1v) is 9.56. The highest BCUT2D eigenvalue weighted by Gasteiger charge is 2.15. The van der Waals surface area contributed by atoms with Crippen molar-refractivity contribution in [2.45, 2.75) is 11.3 Å². The van der Waals surface area contributed by atoms with Crippen LogP contribution in [0.1, 0.15) is 11.5 Å². The molecule has 2 heterocycles. The minimum Gasteiger partial charge on any atom is -0.497 e. The van der Waals surface area contributed by atoms with Gasteiger partial charge in [0.2, 0.25) is 11.7 Å². The molecular weight excluding hydrogens is 362 g/mol. The molecule has 0 amide bonds. The van der Waals surface area contributed by atoms with Gasteiger partial charge in [-0.05, 0) is 42.2 Å². The largest absolute Gasteiger partial charge is 0.497 e. The van der Waals surface area contributed by atoms with Gasteiger partial charge in [-0.25, -0.2) is 0 Å². The fourth-order valence-corrected chi connectivity index (χ4v) is 3.54. The normalized spacial score (nSPS) is 11.0. The lowest BCUT2D eigenvalue weighted by atomic mass is 10.1. The summed E-state index contributed by atoms with van der Waals surface area (Å²) in [6.07, 6.45) is 2.55. The monoisotopic (exact) mass is 379 g/mol. The summed E-state index contributed by atoms with van der Waals surface area (Å²) in [6.45, 7) is 0. The van der Waals surface area contributed by atoms with Crippen LogP contribution in [0.3, 0.4) is 0 Å². The van der Waals surface area contributed by atoms with Crippen molar-refractivity contribution in [1.29, 1.82) is 0 Å². The number of rotatable bonds is 5. The van der Waals surface area contributed by atoms with Gasteiger partial charge in [0.05, 0.1) is 19.1 Å². The van der Waals surface area contributed by atoms with E-state index in [0.717, 1.165) is 21.4 Å². The number of methoxy groups -OCH3 is 1. The highest BCUT2D eigenvalue weighted by molar-refractivity contribution is 7.98. The average Bonchev–Trinajstić information content (AvgIpc) is 3.15. The van der Waals surface area contributed by atoms with Crippen LogP contribution in [-0.2, 0) is 6.42 Å². The van der Waals surface area contributed by atoms with Crippen LogP contribution in [-0.4, -0.2) is 28.5 Å². The summed E-state index contributed by atoms with van der Waals surface area (Å²) >= 11 is 1.67. The second-order valence-corrected chi connectivity index (χ2v) is 6.81. The molecule has 27 heavy (non-hydrogen) atoms. The van der Waals surface area contributed by atoms with E-state index in [4.69, 9.17) is 9.26 Å². The number of aromatic amines is 1. The second kappa shape index (κ2) is 7.28. The van der Waals surface area contributed by atoms with E-state index in [1.165, 1.54) is 0 Å². The number of aromatic nitrogens is 3. The van der Waals surface area contributed by atoms with Crippen LogP contribution in [0.4, 0.5) is 0 Å². The zero-order valence-corrected chi connectivity index (χ0v) is 15.7. The first kappa shape index (κ1) is 17.4. The number of hydrogen-bond donors (Lipinski definition) is 1. The lowest BCUT2D eigenvalue weighted by molar-refractivity contribution is 0.385. The summed E-state index contributed by atoms with van der Waals surface area (Å²) in [6, 6.07) is 15.3. The van der Waals surface area contributed by atoms with Gasteiger partial charge in [-0.2, -0.15) is 4.98 Å². The summed E-state index contributed by atoms with van der Waals surface area (Å²) in [5, 5.41) is 4.84. The third-order valence-electron chi connectivity index (χ3n) is 4.29. The van der Waals surface area contributed by atoms with Crippen molar-refractivity contribution in [2.24, 2.45) is 0 Å². The predicted molar refractivity (Wildman–Crippen MR) is 105 cm³/mol. The maximum absolute atomic E-state index is 12.4. The van der Waals surface area contributed by atoms with Gasteiger partial charge in [0.1, 0.15) is 5.75 Å². The molecule has 0 saturated carbocycles. The van der Waals surface area contributed by atoms with Crippen molar-refractivity contribution in [3.8, 4) is 17.1 Å². The number of hydrogen-bond acceptors (Lipinski definition) is 6. The molecule has 0 radical (unpaired) electrons. The molecule has 7 heteroatoms. The fraction of sp³-hybridized carbons (Fsp3) is 0.150. The molecule has 2 aromatic carbocycles. The van der Waals surface area contributed by atoms with E-state index in [-0.39, 0.29) is 11.4 Å². The zero-order valence-electron chi connectivity index (χ0n) is 14.9. The summed E-state index contributed by atoms with van der Waals surface area (Å²) in [5.41, 5.74) is 1.94.